The first-order chi connectivity index (χ1) is 8.93. The van der Waals surface area contributed by atoms with E-state index in [-0.39, 0.29) is 17.9 Å². The van der Waals surface area contributed by atoms with Crippen LogP contribution in [-0.4, -0.2) is 23.7 Å². The molecule has 104 valence electrons. The van der Waals surface area contributed by atoms with Gasteiger partial charge in [0, 0.05) is 13.0 Å². The molecule has 19 heavy (non-hydrogen) atoms. The van der Waals surface area contributed by atoms with Gasteiger partial charge in [0.15, 0.2) is 11.5 Å². The summed E-state index contributed by atoms with van der Waals surface area (Å²) >= 11 is 0. The zero-order valence-electron chi connectivity index (χ0n) is 10.9. The van der Waals surface area contributed by atoms with Crippen molar-refractivity contribution in [1.82, 2.24) is 0 Å². The van der Waals surface area contributed by atoms with Crippen molar-refractivity contribution < 1.29 is 24.2 Å². The summed E-state index contributed by atoms with van der Waals surface area (Å²) in [5.41, 5.74) is 6.38. The lowest BCUT2D eigenvalue weighted by molar-refractivity contribution is -0.143. The van der Waals surface area contributed by atoms with Gasteiger partial charge in [0.05, 0.1) is 13.0 Å². The first-order valence-electron chi connectivity index (χ1n) is 5.86. The molecule has 1 atom stereocenters. The van der Waals surface area contributed by atoms with Crippen LogP contribution in [0.15, 0.2) is 18.2 Å². The summed E-state index contributed by atoms with van der Waals surface area (Å²) in [6.45, 7) is 3.24. The minimum absolute atomic E-state index is 0.0141. The number of ether oxygens (including phenoxy) is 2. The van der Waals surface area contributed by atoms with E-state index in [9.17, 15) is 14.7 Å². The standard InChI is InChI=1S/C13H17NO5/c1-3-18-13(17)7-10(14)9-4-5-12(11(16)6-9)19-8(2)15/h4-6,10,16H,3,7,14H2,1-2H3/t10-/m0/s1. The third-order valence-electron chi connectivity index (χ3n) is 2.36. The van der Waals surface area contributed by atoms with Crippen molar-refractivity contribution >= 4 is 11.9 Å². The number of rotatable bonds is 5. The van der Waals surface area contributed by atoms with Gasteiger partial charge in [-0.2, -0.15) is 0 Å². The minimum Gasteiger partial charge on any atom is -0.504 e. The maximum absolute atomic E-state index is 11.3. The highest BCUT2D eigenvalue weighted by Crippen LogP contribution is 2.29. The predicted molar refractivity (Wildman–Crippen MR) is 67.6 cm³/mol. The third-order valence-corrected chi connectivity index (χ3v) is 2.36. The molecule has 6 heteroatoms. The second-order valence-corrected chi connectivity index (χ2v) is 3.94. The summed E-state index contributed by atoms with van der Waals surface area (Å²) in [6.07, 6.45) is 0.0141. The number of phenols is 1. The van der Waals surface area contributed by atoms with Crippen molar-refractivity contribution in [2.24, 2.45) is 5.73 Å². The molecule has 1 aromatic rings. The Morgan fingerprint density at radius 1 is 1.42 bits per heavy atom. The quantitative estimate of drug-likeness (QED) is 0.615. The number of nitrogens with two attached hydrogens (primary N) is 1. The van der Waals surface area contributed by atoms with Crippen LogP contribution >= 0.6 is 0 Å². The van der Waals surface area contributed by atoms with Crippen molar-refractivity contribution in [3.05, 3.63) is 23.8 Å². The van der Waals surface area contributed by atoms with Crippen LogP contribution in [0.2, 0.25) is 0 Å². The highest BCUT2D eigenvalue weighted by molar-refractivity contribution is 5.71. The number of aromatic hydroxyl groups is 1. The van der Waals surface area contributed by atoms with Crippen LogP contribution in [0.5, 0.6) is 11.5 Å². The average Bonchev–Trinajstić information content (AvgIpc) is 2.31. The summed E-state index contributed by atoms with van der Waals surface area (Å²) in [6, 6.07) is 3.79. The van der Waals surface area contributed by atoms with Crippen molar-refractivity contribution in [1.29, 1.82) is 0 Å². The molecule has 0 fully saturated rings. The molecule has 0 spiro atoms. The summed E-state index contributed by atoms with van der Waals surface area (Å²) in [5.74, 6) is -1.08. The van der Waals surface area contributed by atoms with Gasteiger partial charge in [0.1, 0.15) is 0 Å². The molecule has 0 heterocycles. The molecule has 3 N–H and O–H groups in total. The van der Waals surface area contributed by atoms with Gasteiger partial charge in [-0.15, -0.1) is 0 Å². The van der Waals surface area contributed by atoms with Gasteiger partial charge in [0.25, 0.3) is 0 Å². The maximum atomic E-state index is 11.3. The fraction of sp³-hybridized carbons (Fsp3) is 0.385. The molecule has 6 nitrogen and oxygen atoms in total. The Morgan fingerprint density at radius 3 is 2.63 bits per heavy atom. The average molecular weight is 267 g/mol. The van der Waals surface area contributed by atoms with Gasteiger partial charge in [0.2, 0.25) is 0 Å². The van der Waals surface area contributed by atoms with E-state index in [0.29, 0.717) is 12.2 Å². The molecular formula is C13H17NO5. The lowest BCUT2D eigenvalue weighted by atomic mass is 10.0. The van der Waals surface area contributed by atoms with Crippen LogP contribution in [0.4, 0.5) is 0 Å². The molecule has 1 aromatic carbocycles. The Bertz CT molecular complexity index is 472. The van der Waals surface area contributed by atoms with E-state index in [2.05, 4.69) is 0 Å². The Morgan fingerprint density at radius 2 is 2.11 bits per heavy atom. The smallest absolute Gasteiger partial charge is 0.308 e. The molecule has 0 bridgehead atoms. The highest BCUT2D eigenvalue weighted by Gasteiger charge is 2.15. The Hall–Kier alpha value is -2.08. The molecule has 1 rings (SSSR count). The van der Waals surface area contributed by atoms with E-state index in [1.165, 1.54) is 19.1 Å². The maximum Gasteiger partial charge on any atom is 0.308 e. The number of benzene rings is 1. The normalized spacial score (nSPS) is 11.7. The van der Waals surface area contributed by atoms with Gasteiger partial charge in [-0.05, 0) is 24.6 Å². The molecule has 0 aromatic heterocycles. The Kier molecular flexibility index (Phi) is 5.32. The topological polar surface area (TPSA) is 98.9 Å². The van der Waals surface area contributed by atoms with Crippen LogP contribution in [-0.2, 0) is 14.3 Å². The monoisotopic (exact) mass is 267 g/mol. The van der Waals surface area contributed by atoms with Crippen molar-refractivity contribution in [2.75, 3.05) is 6.61 Å². The molecule has 0 aliphatic carbocycles. The van der Waals surface area contributed by atoms with Crippen molar-refractivity contribution in [2.45, 2.75) is 26.3 Å². The lowest BCUT2D eigenvalue weighted by Gasteiger charge is -2.13. The fourth-order valence-electron chi connectivity index (χ4n) is 1.52. The Balaban J connectivity index is 2.76. The largest absolute Gasteiger partial charge is 0.504 e. The van der Waals surface area contributed by atoms with Gasteiger partial charge in [-0.1, -0.05) is 6.07 Å². The van der Waals surface area contributed by atoms with E-state index >= 15 is 0 Å². The van der Waals surface area contributed by atoms with Crippen LogP contribution in [0.1, 0.15) is 31.9 Å². The number of phenolic OH excluding ortho intramolecular Hbond substituents is 1. The number of carbonyl (C=O) groups is 2. The Labute approximate surface area is 111 Å². The van der Waals surface area contributed by atoms with E-state index < -0.39 is 18.0 Å². The third kappa shape index (κ3) is 4.59. The molecular weight excluding hydrogens is 250 g/mol. The lowest BCUT2D eigenvalue weighted by Crippen LogP contribution is -2.17. The number of carbonyl (C=O) groups excluding carboxylic acids is 2. The van der Waals surface area contributed by atoms with Crippen molar-refractivity contribution in [3.8, 4) is 11.5 Å². The molecule has 0 saturated carbocycles. The zero-order chi connectivity index (χ0) is 14.4. The number of esters is 2. The zero-order valence-corrected chi connectivity index (χ0v) is 10.9. The van der Waals surface area contributed by atoms with Crippen LogP contribution in [0.3, 0.4) is 0 Å². The van der Waals surface area contributed by atoms with Crippen LogP contribution in [0.25, 0.3) is 0 Å². The summed E-state index contributed by atoms with van der Waals surface area (Å²) in [7, 11) is 0. The molecule has 0 saturated heterocycles. The van der Waals surface area contributed by atoms with E-state index in [1.807, 2.05) is 0 Å². The minimum atomic E-state index is -0.587. The second-order valence-electron chi connectivity index (χ2n) is 3.94. The fourth-order valence-corrected chi connectivity index (χ4v) is 1.52. The van der Waals surface area contributed by atoms with Crippen LogP contribution in [0, 0.1) is 0 Å². The molecule has 0 aliphatic rings. The van der Waals surface area contributed by atoms with Gasteiger partial charge < -0.3 is 20.3 Å². The molecule has 0 aliphatic heterocycles. The predicted octanol–water partition coefficient (Wildman–Crippen LogP) is 1.27. The summed E-state index contributed by atoms with van der Waals surface area (Å²) < 4.78 is 9.57. The molecule has 0 radical (unpaired) electrons. The number of hydrogen-bond acceptors (Lipinski definition) is 6. The summed E-state index contributed by atoms with van der Waals surface area (Å²) in [4.78, 5) is 22.1. The first kappa shape index (κ1) is 15.0. The van der Waals surface area contributed by atoms with Gasteiger partial charge in [-0.25, -0.2) is 0 Å². The van der Waals surface area contributed by atoms with Crippen molar-refractivity contribution in [3.63, 3.8) is 0 Å². The highest BCUT2D eigenvalue weighted by atomic mass is 16.5. The first-order valence-corrected chi connectivity index (χ1v) is 5.86. The van der Waals surface area contributed by atoms with E-state index in [4.69, 9.17) is 15.2 Å². The SMILES string of the molecule is CCOC(=O)C[C@H](N)c1ccc(OC(C)=O)c(O)c1. The second kappa shape index (κ2) is 6.75. The number of hydrogen-bond donors (Lipinski definition) is 2. The summed E-state index contributed by atoms with van der Waals surface area (Å²) in [5, 5.41) is 9.68. The van der Waals surface area contributed by atoms with Crippen LogP contribution < -0.4 is 10.5 Å². The van der Waals surface area contributed by atoms with Gasteiger partial charge >= 0.3 is 11.9 Å². The van der Waals surface area contributed by atoms with Gasteiger partial charge in [-0.3, -0.25) is 9.59 Å². The van der Waals surface area contributed by atoms with E-state index in [1.54, 1.807) is 13.0 Å². The molecule has 0 unspecified atom stereocenters. The van der Waals surface area contributed by atoms with E-state index in [0.717, 1.165) is 0 Å². The molecule has 0 amide bonds.